The minimum Gasteiger partial charge on any atom is -0.393 e. The van der Waals surface area contributed by atoms with Gasteiger partial charge in [0, 0.05) is 55.2 Å². The van der Waals surface area contributed by atoms with Crippen LogP contribution in [0.3, 0.4) is 0 Å². The number of carbonyl (C=O) groups is 1. The second-order valence-corrected chi connectivity index (χ2v) is 12.4. The van der Waals surface area contributed by atoms with E-state index in [1.54, 1.807) is 18.0 Å². The van der Waals surface area contributed by atoms with Gasteiger partial charge in [0.25, 0.3) is 0 Å². The molecule has 11 nitrogen and oxygen atoms in total. The molecule has 1 atom stereocenters. The first-order valence-electron chi connectivity index (χ1n) is 14.4. The maximum absolute atomic E-state index is 13.5. The van der Waals surface area contributed by atoms with Crippen LogP contribution in [0.25, 0.3) is 16.6 Å². The lowest BCUT2D eigenvalue weighted by Crippen LogP contribution is -2.52. The molecule has 3 N–H and O–H groups in total. The fraction of sp³-hybridized carbons (Fsp3) is 0.655. The summed E-state index contributed by atoms with van der Waals surface area (Å²) in [6.45, 7) is 9.22. The molecule has 0 aromatic carbocycles. The average Bonchev–Trinajstić information content (AvgIpc) is 3.55. The lowest BCUT2D eigenvalue weighted by Gasteiger charge is -2.39. The fourth-order valence-corrected chi connectivity index (χ4v) is 5.93. The van der Waals surface area contributed by atoms with Crippen LogP contribution in [0.1, 0.15) is 77.8 Å². The van der Waals surface area contributed by atoms with Gasteiger partial charge in [0.15, 0.2) is 0 Å². The van der Waals surface area contributed by atoms with Gasteiger partial charge < -0.3 is 25.2 Å². The molecule has 0 radical (unpaired) electrons. The zero-order valence-corrected chi connectivity index (χ0v) is 24.3. The number of rotatable bonds is 8. The number of nitrogens with zero attached hydrogens (tertiary/aromatic N) is 6. The maximum atomic E-state index is 13.5. The molecule has 11 heteroatoms. The Kier molecular flexibility index (Phi) is 7.91. The number of hydrogen-bond donors (Lipinski definition) is 3. The number of piperidine rings is 1. The Morgan fingerprint density at radius 3 is 2.60 bits per heavy atom. The second kappa shape index (κ2) is 11.1. The van der Waals surface area contributed by atoms with Gasteiger partial charge in [-0.2, -0.15) is 5.10 Å². The average molecular weight is 554 g/mol. The van der Waals surface area contributed by atoms with Gasteiger partial charge >= 0.3 is 0 Å². The summed E-state index contributed by atoms with van der Waals surface area (Å²) in [6, 6.07) is 2.22. The number of hydrogen-bond acceptors (Lipinski definition) is 8. The molecule has 1 aliphatic carbocycles. The number of aliphatic hydroxyl groups excluding tert-OH is 1. The molecule has 1 amide bonds. The molecular formula is C29H43N7O4. The number of likely N-dealkylation sites (tertiary alicyclic amines) is 1. The smallest absolute Gasteiger partial charge is 0.249 e. The minimum atomic E-state index is -0.885. The Morgan fingerprint density at radius 1 is 1.23 bits per heavy atom. The van der Waals surface area contributed by atoms with Crippen molar-refractivity contribution >= 4 is 17.4 Å². The molecule has 0 unspecified atom stereocenters. The van der Waals surface area contributed by atoms with E-state index in [4.69, 9.17) is 9.84 Å². The molecule has 5 rings (SSSR count). The highest BCUT2D eigenvalue weighted by molar-refractivity contribution is 5.85. The summed E-state index contributed by atoms with van der Waals surface area (Å²) >= 11 is 0. The molecule has 0 spiro atoms. The Bertz CT molecular complexity index is 1330. The molecule has 1 aliphatic heterocycles. The standard InChI is InChI=1S/C29H43N7O4/c1-19(18-40-5)32-27-30-16-25-23(14-24(36(25)33-27)20-6-8-22(37)9-7-20)21-15-31-35(17-21)28(2,3)26(38)34-12-10-29(4,39)11-13-34/h14-17,19-20,22,37,39H,6-13,18H2,1-5H3,(H,32,33)/t19-,20-,22-/m0/s1. The SMILES string of the molecule is COC[C@H](C)Nc1ncc2c(-c3cnn(C(C)(C)C(=O)N4CCC(C)(O)CC4)c3)cc([C@H]3CC[C@H](O)CC3)n2n1. The molecular weight excluding hydrogens is 510 g/mol. The molecule has 1 saturated heterocycles. The summed E-state index contributed by atoms with van der Waals surface area (Å²) in [7, 11) is 1.67. The van der Waals surface area contributed by atoms with Gasteiger partial charge in [0.05, 0.1) is 36.2 Å². The molecule has 2 fully saturated rings. The van der Waals surface area contributed by atoms with Crippen LogP contribution in [0, 0.1) is 0 Å². The molecule has 0 bridgehead atoms. The van der Waals surface area contributed by atoms with Crippen molar-refractivity contribution in [1.29, 1.82) is 0 Å². The van der Waals surface area contributed by atoms with Gasteiger partial charge in [0.2, 0.25) is 11.9 Å². The molecule has 1 saturated carbocycles. The summed E-state index contributed by atoms with van der Waals surface area (Å²) in [6.07, 6.45) is 9.78. The Hall–Kier alpha value is -3.02. The van der Waals surface area contributed by atoms with Crippen LogP contribution in [0.4, 0.5) is 5.95 Å². The maximum Gasteiger partial charge on any atom is 0.249 e. The van der Waals surface area contributed by atoms with Crippen molar-refractivity contribution in [3.63, 3.8) is 0 Å². The summed E-state index contributed by atoms with van der Waals surface area (Å²) in [5, 5.41) is 33.2. The van der Waals surface area contributed by atoms with Gasteiger partial charge in [-0.3, -0.25) is 9.48 Å². The Balaban J connectivity index is 1.46. The van der Waals surface area contributed by atoms with E-state index in [0.717, 1.165) is 48.0 Å². The lowest BCUT2D eigenvalue weighted by atomic mass is 9.85. The minimum absolute atomic E-state index is 0.00919. The molecule has 4 heterocycles. The van der Waals surface area contributed by atoms with E-state index in [1.807, 2.05) is 49.5 Å². The van der Waals surface area contributed by atoms with E-state index in [0.29, 0.717) is 38.5 Å². The van der Waals surface area contributed by atoms with Crippen molar-refractivity contribution in [2.24, 2.45) is 0 Å². The molecule has 2 aliphatic rings. The topological polar surface area (TPSA) is 130 Å². The molecule has 3 aromatic heterocycles. The monoisotopic (exact) mass is 553 g/mol. The van der Waals surface area contributed by atoms with Crippen molar-refractivity contribution < 1.29 is 19.7 Å². The zero-order valence-electron chi connectivity index (χ0n) is 24.3. The number of aliphatic hydroxyl groups is 2. The van der Waals surface area contributed by atoms with Crippen LogP contribution < -0.4 is 5.32 Å². The lowest BCUT2D eigenvalue weighted by molar-refractivity contribution is -0.143. The summed E-state index contributed by atoms with van der Waals surface area (Å²) in [5.41, 5.74) is 2.20. The van der Waals surface area contributed by atoms with Crippen LogP contribution in [0.2, 0.25) is 0 Å². The number of methoxy groups -OCH3 is 1. The first-order chi connectivity index (χ1) is 19.0. The van der Waals surface area contributed by atoms with Crippen molar-refractivity contribution in [2.45, 2.75) is 95.4 Å². The van der Waals surface area contributed by atoms with Crippen LogP contribution >= 0.6 is 0 Å². The number of anilines is 1. The number of nitrogens with one attached hydrogen (secondary N) is 1. The third-order valence-corrected chi connectivity index (χ3v) is 8.57. The highest BCUT2D eigenvalue weighted by Crippen LogP contribution is 2.38. The van der Waals surface area contributed by atoms with Gasteiger partial charge in [-0.05, 0) is 72.3 Å². The van der Waals surface area contributed by atoms with E-state index in [-0.39, 0.29) is 24.0 Å². The third-order valence-electron chi connectivity index (χ3n) is 8.57. The van der Waals surface area contributed by atoms with Crippen molar-refractivity contribution in [1.82, 2.24) is 29.3 Å². The van der Waals surface area contributed by atoms with Crippen LogP contribution in [0.5, 0.6) is 0 Å². The van der Waals surface area contributed by atoms with E-state index in [2.05, 4.69) is 21.5 Å². The molecule has 40 heavy (non-hydrogen) atoms. The number of carbonyl (C=O) groups excluding carboxylic acids is 1. The summed E-state index contributed by atoms with van der Waals surface area (Å²) in [5.74, 6) is 0.789. The van der Waals surface area contributed by atoms with Crippen LogP contribution in [-0.2, 0) is 15.1 Å². The fourth-order valence-electron chi connectivity index (χ4n) is 5.93. The van der Waals surface area contributed by atoms with Crippen molar-refractivity contribution in [3.8, 4) is 11.1 Å². The zero-order chi connectivity index (χ0) is 28.7. The summed E-state index contributed by atoms with van der Waals surface area (Å²) in [4.78, 5) is 19.9. The Labute approximate surface area is 235 Å². The number of amides is 1. The van der Waals surface area contributed by atoms with E-state index >= 15 is 0 Å². The Morgan fingerprint density at radius 2 is 1.93 bits per heavy atom. The predicted molar refractivity (Wildman–Crippen MR) is 152 cm³/mol. The predicted octanol–water partition coefficient (Wildman–Crippen LogP) is 3.17. The van der Waals surface area contributed by atoms with Gasteiger partial charge in [-0.15, -0.1) is 5.10 Å². The van der Waals surface area contributed by atoms with Gasteiger partial charge in [-0.25, -0.2) is 9.50 Å². The largest absolute Gasteiger partial charge is 0.393 e. The van der Waals surface area contributed by atoms with Crippen molar-refractivity contribution in [3.05, 3.63) is 30.4 Å². The van der Waals surface area contributed by atoms with Crippen LogP contribution in [-0.4, -0.2) is 90.0 Å². The normalized spacial score (nSPS) is 22.4. The quantitative estimate of drug-likeness (QED) is 0.388. The highest BCUT2D eigenvalue weighted by atomic mass is 16.5. The van der Waals surface area contributed by atoms with Crippen LogP contribution in [0.15, 0.2) is 24.7 Å². The first kappa shape index (κ1) is 28.5. The summed E-state index contributed by atoms with van der Waals surface area (Å²) < 4.78 is 8.96. The van der Waals surface area contributed by atoms with Crippen molar-refractivity contribution in [2.75, 3.05) is 32.1 Å². The number of ether oxygens (including phenoxy) is 1. The van der Waals surface area contributed by atoms with Gasteiger partial charge in [-0.1, -0.05) is 0 Å². The molecule has 218 valence electrons. The second-order valence-electron chi connectivity index (χ2n) is 12.4. The molecule has 3 aromatic rings. The highest BCUT2D eigenvalue weighted by Gasteiger charge is 2.38. The van der Waals surface area contributed by atoms with E-state index in [1.165, 1.54) is 0 Å². The third kappa shape index (κ3) is 5.73. The van der Waals surface area contributed by atoms with E-state index < -0.39 is 11.1 Å². The number of fused-ring (bicyclic) bond motifs is 1. The van der Waals surface area contributed by atoms with Gasteiger partial charge in [0.1, 0.15) is 5.54 Å². The van der Waals surface area contributed by atoms with E-state index in [9.17, 15) is 15.0 Å². The first-order valence-corrected chi connectivity index (χ1v) is 14.4. The number of aromatic nitrogens is 5.